The number of aromatic nitrogens is 4. The van der Waals surface area contributed by atoms with Crippen LogP contribution in [0.4, 0.5) is 5.82 Å². The van der Waals surface area contributed by atoms with Crippen molar-refractivity contribution in [2.24, 2.45) is 0 Å². The Labute approximate surface area is 133 Å². The number of hydrogen-bond acceptors (Lipinski definition) is 5. The molecule has 1 amide bonds. The van der Waals surface area contributed by atoms with Crippen LogP contribution in [0.25, 0.3) is 11.2 Å². The molecular formula is C16H18N6O. The molecule has 0 saturated carbocycles. The molecule has 0 saturated heterocycles. The van der Waals surface area contributed by atoms with Crippen molar-refractivity contribution >= 4 is 22.9 Å². The van der Waals surface area contributed by atoms with Gasteiger partial charge in [-0.15, -0.1) is 0 Å². The van der Waals surface area contributed by atoms with Crippen LogP contribution >= 0.6 is 0 Å². The minimum absolute atomic E-state index is 0.0911. The fourth-order valence-electron chi connectivity index (χ4n) is 2.34. The normalized spacial score (nSPS) is 10.9. The van der Waals surface area contributed by atoms with E-state index in [0.29, 0.717) is 35.6 Å². The minimum Gasteiger partial charge on any atom is -0.382 e. The third-order valence-electron chi connectivity index (χ3n) is 3.84. The maximum atomic E-state index is 12.2. The smallest absolute Gasteiger partial charge is 0.251 e. The van der Waals surface area contributed by atoms with Gasteiger partial charge in [0, 0.05) is 18.7 Å². The lowest BCUT2D eigenvalue weighted by Crippen LogP contribution is -2.27. The van der Waals surface area contributed by atoms with Crippen LogP contribution in [0.2, 0.25) is 0 Å². The lowest BCUT2D eigenvalue weighted by molar-refractivity contribution is 0.0952. The summed E-state index contributed by atoms with van der Waals surface area (Å²) in [6, 6.07) is 5.68. The molecule has 0 spiro atoms. The van der Waals surface area contributed by atoms with E-state index in [4.69, 9.17) is 5.73 Å². The van der Waals surface area contributed by atoms with Gasteiger partial charge < -0.3 is 15.6 Å². The molecule has 2 heterocycles. The van der Waals surface area contributed by atoms with Crippen LogP contribution in [0.3, 0.4) is 0 Å². The highest BCUT2D eigenvalue weighted by atomic mass is 16.1. The number of imidazole rings is 1. The number of nitrogens with two attached hydrogens (primary N) is 1. The van der Waals surface area contributed by atoms with Crippen LogP contribution in [0, 0.1) is 13.8 Å². The van der Waals surface area contributed by atoms with Gasteiger partial charge in [-0.25, -0.2) is 15.0 Å². The molecule has 0 aliphatic rings. The fraction of sp³-hybridized carbons (Fsp3) is 0.250. The van der Waals surface area contributed by atoms with Crippen LogP contribution in [0.5, 0.6) is 0 Å². The number of carbonyl (C=O) groups excluding carboxylic acids is 1. The summed E-state index contributed by atoms with van der Waals surface area (Å²) < 4.78 is 1.84. The van der Waals surface area contributed by atoms with Crippen molar-refractivity contribution in [1.82, 2.24) is 24.8 Å². The lowest BCUT2D eigenvalue weighted by atomic mass is 10.1. The second kappa shape index (κ2) is 6.04. The van der Waals surface area contributed by atoms with E-state index in [1.807, 2.05) is 36.6 Å². The van der Waals surface area contributed by atoms with Gasteiger partial charge in [0.15, 0.2) is 11.5 Å². The van der Waals surface area contributed by atoms with E-state index >= 15 is 0 Å². The van der Waals surface area contributed by atoms with Gasteiger partial charge in [0.05, 0.1) is 6.33 Å². The molecule has 0 radical (unpaired) electrons. The number of nitrogens with one attached hydrogen (secondary N) is 1. The van der Waals surface area contributed by atoms with Crippen molar-refractivity contribution < 1.29 is 4.79 Å². The third-order valence-corrected chi connectivity index (χ3v) is 3.84. The average Bonchev–Trinajstić information content (AvgIpc) is 2.95. The van der Waals surface area contributed by atoms with Crippen molar-refractivity contribution in [3.63, 3.8) is 0 Å². The van der Waals surface area contributed by atoms with E-state index in [-0.39, 0.29) is 5.91 Å². The number of hydrogen-bond donors (Lipinski definition) is 2. The first-order chi connectivity index (χ1) is 11.1. The Morgan fingerprint density at radius 3 is 2.83 bits per heavy atom. The number of fused-ring (bicyclic) bond motifs is 1. The predicted octanol–water partition coefficient (Wildman–Crippen LogP) is 1.46. The van der Waals surface area contributed by atoms with E-state index in [1.54, 1.807) is 6.33 Å². The molecule has 0 atom stereocenters. The van der Waals surface area contributed by atoms with Gasteiger partial charge >= 0.3 is 0 Å². The molecule has 0 unspecified atom stereocenters. The molecule has 7 heteroatoms. The highest BCUT2D eigenvalue weighted by Gasteiger charge is 2.09. The molecule has 3 aromatic rings. The summed E-state index contributed by atoms with van der Waals surface area (Å²) in [6.07, 6.45) is 3.06. The first-order valence-corrected chi connectivity index (χ1v) is 7.33. The quantitative estimate of drug-likeness (QED) is 0.760. The Kier molecular flexibility index (Phi) is 3.92. The Morgan fingerprint density at radius 2 is 2.04 bits per heavy atom. The topological polar surface area (TPSA) is 98.7 Å². The Bertz CT molecular complexity index is 870. The van der Waals surface area contributed by atoms with Gasteiger partial charge in [-0.3, -0.25) is 4.79 Å². The number of rotatable bonds is 4. The third kappa shape index (κ3) is 2.98. The van der Waals surface area contributed by atoms with Gasteiger partial charge in [0.1, 0.15) is 11.8 Å². The largest absolute Gasteiger partial charge is 0.382 e. The predicted molar refractivity (Wildman–Crippen MR) is 88.0 cm³/mol. The molecule has 0 bridgehead atoms. The molecular weight excluding hydrogens is 292 g/mol. The van der Waals surface area contributed by atoms with Crippen molar-refractivity contribution in [3.8, 4) is 0 Å². The number of nitrogens with zero attached hydrogens (tertiary/aromatic N) is 4. The van der Waals surface area contributed by atoms with Gasteiger partial charge in [-0.2, -0.15) is 0 Å². The van der Waals surface area contributed by atoms with E-state index < -0.39 is 0 Å². The number of amides is 1. The van der Waals surface area contributed by atoms with Gasteiger partial charge in [0.2, 0.25) is 0 Å². The molecule has 3 rings (SSSR count). The maximum absolute atomic E-state index is 12.2. The Hall–Kier alpha value is -2.96. The number of nitrogen functional groups attached to an aromatic ring is 1. The fourth-order valence-corrected chi connectivity index (χ4v) is 2.34. The van der Waals surface area contributed by atoms with Crippen LogP contribution in [0.1, 0.15) is 21.5 Å². The minimum atomic E-state index is -0.0911. The summed E-state index contributed by atoms with van der Waals surface area (Å²) in [6.45, 7) is 5.05. The summed E-state index contributed by atoms with van der Waals surface area (Å²) in [7, 11) is 0. The van der Waals surface area contributed by atoms with Crippen molar-refractivity contribution in [2.75, 3.05) is 12.3 Å². The first-order valence-electron chi connectivity index (χ1n) is 7.33. The van der Waals surface area contributed by atoms with E-state index in [1.165, 1.54) is 11.9 Å². The molecule has 23 heavy (non-hydrogen) atoms. The number of aryl methyl sites for hydroxylation is 2. The van der Waals surface area contributed by atoms with Crippen LogP contribution in [0.15, 0.2) is 30.9 Å². The summed E-state index contributed by atoms with van der Waals surface area (Å²) in [5.41, 5.74) is 9.93. The van der Waals surface area contributed by atoms with Gasteiger partial charge in [-0.1, -0.05) is 6.07 Å². The lowest BCUT2D eigenvalue weighted by Gasteiger charge is -2.08. The number of anilines is 1. The maximum Gasteiger partial charge on any atom is 0.251 e. The zero-order valence-corrected chi connectivity index (χ0v) is 13.1. The first kappa shape index (κ1) is 15.0. The second-order valence-corrected chi connectivity index (χ2v) is 5.42. The molecule has 7 nitrogen and oxygen atoms in total. The second-order valence-electron chi connectivity index (χ2n) is 5.42. The van der Waals surface area contributed by atoms with Gasteiger partial charge in [0.25, 0.3) is 5.91 Å². The Morgan fingerprint density at radius 1 is 1.22 bits per heavy atom. The number of benzene rings is 1. The zero-order chi connectivity index (χ0) is 16.4. The van der Waals surface area contributed by atoms with Crippen molar-refractivity contribution in [2.45, 2.75) is 20.4 Å². The van der Waals surface area contributed by atoms with E-state index in [9.17, 15) is 4.79 Å². The van der Waals surface area contributed by atoms with E-state index in [0.717, 1.165) is 5.56 Å². The van der Waals surface area contributed by atoms with Crippen LogP contribution in [-0.2, 0) is 6.54 Å². The van der Waals surface area contributed by atoms with Crippen molar-refractivity contribution in [3.05, 3.63) is 47.5 Å². The standard InChI is InChI=1S/C16H18N6O/c1-10-3-4-12(7-11(10)2)16(23)18-5-6-22-9-21-13-14(17)19-8-20-15(13)22/h3-4,7-9H,5-6H2,1-2H3,(H,18,23)(H2,17,19,20). The molecule has 0 aliphatic heterocycles. The van der Waals surface area contributed by atoms with Crippen molar-refractivity contribution in [1.29, 1.82) is 0 Å². The molecule has 3 N–H and O–H groups in total. The zero-order valence-electron chi connectivity index (χ0n) is 13.1. The SMILES string of the molecule is Cc1ccc(C(=O)NCCn2cnc3c(N)ncnc32)cc1C. The summed E-state index contributed by atoms with van der Waals surface area (Å²) in [4.78, 5) is 24.4. The van der Waals surface area contributed by atoms with Crippen LogP contribution in [-0.4, -0.2) is 32.0 Å². The molecule has 2 aromatic heterocycles. The highest BCUT2D eigenvalue weighted by Crippen LogP contribution is 2.13. The average molecular weight is 310 g/mol. The van der Waals surface area contributed by atoms with Gasteiger partial charge in [-0.05, 0) is 37.1 Å². The summed E-state index contributed by atoms with van der Waals surface area (Å²) in [5.74, 6) is 0.263. The van der Waals surface area contributed by atoms with E-state index in [2.05, 4.69) is 20.3 Å². The number of carbonyl (C=O) groups is 1. The summed E-state index contributed by atoms with van der Waals surface area (Å²) >= 11 is 0. The Balaban J connectivity index is 1.65. The monoisotopic (exact) mass is 310 g/mol. The molecule has 0 fully saturated rings. The van der Waals surface area contributed by atoms with Crippen LogP contribution < -0.4 is 11.1 Å². The molecule has 0 aliphatic carbocycles. The molecule has 118 valence electrons. The summed E-state index contributed by atoms with van der Waals surface area (Å²) in [5, 5.41) is 2.90. The highest BCUT2D eigenvalue weighted by molar-refractivity contribution is 5.94. The molecule has 1 aromatic carbocycles.